The molecule has 0 aliphatic heterocycles. The molecule has 0 N–H and O–H groups in total. The van der Waals surface area contributed by atoms with Crippen LogP contribution in [0.4, 0.5) is 0 Å². The van der Waals surface area contributed by atoms with E-state index in [9.17, 15) is 0 Å². The van der Waals surface area contributed by atoms with E-state index in [1.165, 1.54) is 37.7 Å². The molecule has 1 aliphatic carbocycles. The predicted octanol–water partition coefficient (Wildman–Crippen LogP) is 6.22. The first kappa shape index (κ1) is 15.9. The largest absolute Gasteiger partial charge is 0.329 e. The van der Waals surface area contributed by atoms with Gasteiger partial charge < -0.3 is 4.57 Å². The fraction of sp³-hybridized carbons (Fsp3) is 0.368. The van der Waals surface area contributed by atoms with Crippen LogP contribution in [0.2, 0.25) is 10.2 Å². The summed E-state index contributed by atoms with van der Waals surface area (Å²) in [7, 11) is 0. The summed E-state index contributed by atoms with van der Waals surface area (Å²) in [4.78, 5) is 8.74. The molecule has 0 radical (unpaired) electrons. The van der Waals surface area contributed by atoms with Gasteiger partial charge in [-0.1, -0.05) is 54.1 Å². The monoisotopic (exact) mass is 359 g/mol. The van der Waals surface area contributed by atoms with Crippen LogP contribution in [0.1, 0.15) is 43.7 Å². The molecule has 3 nitrogen and oxygen atoms in total. The summed E-state index contributed by atoms with van der Waals surface area (Å²) in [6, 6.07) is 6.54. The molecule has 5 heteroatoms. The van der Waals surface area contributed by atoms with Crippen molar-refractivity contribution in [2.45, 2.75) is 45.1 Å². The van der Waals surface area contributed by atoms with Gasteiger partial charge in [0.05, 0.1) is 5.39 Å². The quantitative estimate of drug-likeness (QED) is 0.508. The van der Waals surface area contributed by atoms with Crippen molar-refractivity contribution < 1.29 is 0 Å². The van der Waals surface area contributed by atoms with Crippen LogP contribution in [-0.2, 0) is 0 Å². The van der Waals surface area contributed by atoms with Crippen molar-refractivity contribution in [3.63, 3.8) is 0 Å². The smallest absolute Gasteiger partial charge is 0.145 e. The number of hydrogen-bond donors (Lipinski definition) is 0. The summed E-state index contributed by atoms with van der Waals surface area (Å²) in [5.74, 6) is 0. The van der Waals surface area contributed by atoms with E-state index in [0.717, 1.165) is 27.2 Å². The molecule has 0 atom stereocenters. The van der Waals surface area contributed by atoms with E-state index < -0.39 is 0 Å². The molecule has 1 aliphatic rings. The Bertz CT molecular complexity index is 895. The molecule has 2 heterocycles. The molecule has 0 unspecified atom stereocenters. The van der Waals surface area contributed by atoms with Gasteiger partial charge in [0.15, 0.2) is 0 Å². The number of aromatic nitrogens is 3. The van der Waals surface area contributed by atoms with Crippen LogP contribution >= 0.6 is 23.2 Å². The number of hydrogen-bond acceptors (Lipinski definition) is 2. The second-order valence-corrected chi connectivity index (χ2v) is 7.35. The number of fused-ring (bicyclic) bond motifs is 1. The second-order valence-electron chi connectivity index (χ2n) is 6.59. The van der Waals surface area contributed by atoms with E-state index in [-0.39, 0.29) is 0 Å². The summed E-state index contributed by atoms with van der Waals surface area (Å²) in [6.45, 7) is 2.07. The lowest BCUT2D eigenvalue weighted by Crippen LogP contribution is -2.12. The van der Waals surface area contributed by atoms with Crippen LogP contribution in [0.5, 0.6) is 0 Å². The van der Waals surface area contributed by atoms with Crippen molar-refractivity contribution in [3.8, 4) is 11.1 Å². The van der Waals surface area contributed by atoms with Crippen LogP contribution in [0.15, 0.2) is 30.7 Å². The Labute approximate surface area is 151 Å². The average Bonchev–Trinajstić information content (AvgIpc) is 2.99. The molecule has 1 fully saturated rings. The molecule has 4 rings (SSSR count). The number of halogens is 2. The van der Waals surface area contributed by atoms with Gasteiger partial charge >= 0.3 is 0 Å². The van der Waals surface area contributed by atoms with E-state index in [2.05, 4.69) is 33.7 Å². The van der Waals surface area contributed by atoms with Crippen molar-refractivity contribution in [2.24, 2.45) is 0 Å². The number of aryl methyl sites for hydroxylation is 1. The minimum atomic E-state index is 0.476. The van der Waals surface area contributed by atoms with Crippen molar-refractivity contribution in [3.05, 3.63) is 46.5 Å². The van der Waals surface area contributed by atoms with Gasteiger partial charge in [-0.15, -0.1) is 0 Å². The molecule has 1 saturated carbocycles. The Balaban J connectivity index is 1.97. The molecule has 3 aromatic rings. The Morgan fingerprint density at radius 2 is 1.83 bits per heavy atom. The first-order valence-corrected chi connectivity index (χ1v) is 9.18. The first-order valence-electron chi connectivity index (χ1n) is 8.42. The molecular formula is C19H19Cl2N3. The van der Waals surface area contributed by atoms with Crippen molar-refractivity contribution in [1.29, 1.82) is 0 Å². The van der Waals surface area contributed by atoms with Gasteiger partial charge in [-0.05, 0) is 31.9 Å². The third-order valence-corrected chi connectivity index (χ3v) is 5.56. The Kier molecular flexibility index (Phi) is 4.23. The highest BCUT2D eigenvalue weighted by atomic mass is 35.5. The third-order valence-electron chi connectivity index (χ3n) is 4.94. The fourth-order valence-electron chi connectivity index (χ4n) is 3.74. The van der Waals surface area contributed by atoms with Gasteiger partial charge in [0.25, 0.3) is 0 Å². The zero-order valence-electron chi connectivity index (χ0n) is 13.6. The molecular weight excluding hydrogens is 341 g/mol. The highest BCUT2D eigenvalue weighted by molar-refractivity contribution is 6.36. The van der Waals surface area contributed by atoms with Crippen molar-refractivity contribution >= 4 is 34.2 Å². The molecule has 0 bridgehead atoms. The maximum absolute atomic E-state index is 6.49. The van der Waals surface area contributed by atoms with Crippen molar-refractivity contribution in [2.75, 3.05) is 0 Å². The summed E-state index contributed by atoms with van der Waals surface area (Å²) in [6.07, 6.45) is 9.95. The number of benzene rings is 1. The highest BCUT2D eigenvalue weighted by Crippen LogP contribution is 2.40. The maximum atomic E-state index is 6.49. The van der Waals surface area contributed by atoms with Crippen LogP contribution in [0, 0.1) is 6.92 Å². The lowest BCUT2D eigenvalue weighted by Gasteiger charge is -2.23. The summed E-state index contributed by atoms with van der Waals surface area (Å²) in [5, 5.41) is 2.11. The zero-order chi connectivity index (χ0) is 16.7. The van der Waals surface area contributed by atoms with Gasteiger partial charge in [-0.2, -0.15) is 0 Å². The Morgan fingerprint density at radius 3 is 2.62 bits per heavy atom. The maximum Gasteiger partial charge on any atom is 0.145 e. The molecule has 24 heavy (non-hydrogen) atoms. The van der Waals surface area contributed by atoms with E-state index in [1.54, 1.807) is 6.33 Å². The SMILES string of the molecule is Cc1ccc(Cl)c(-c2cn(C3CCCCC3)c3ncnc(Cl)c23)c1. The Morgan fingerprint density at radius 1 is 1.04 bits per heavy atom. The summed E-state index contributed by atoms with van der Waals surface area (Å²) >= 11 is 12.9. The average molecular weight is 360 g/mol. The van der Waals surface area contributed by atoms with E-state index in [4.69, 9.17) is 23.2 Å². The molecule has 0 amide bonds. The van der Waals surface area contributed by atoms with Crippen LogP contribution in [0.3, 0.4) is 0 Å². The minimum Gasteiger partial charge on any atom is -0.329 e. The second kappa shape index (κ2) is 6.38. The summed E-state index contributed by atoms with van der Waals surface area (Å²) in [5.41, 5.74) is 4.10. The van der Waals surface area contributed by atoms with Gasteiger partial charge in [-0.3, -0.25) is 0 Å². The molecule has 0 spiro atoms. The van der Waals surface area contributed by atoms with Crippen LogP contribution < -0.4 is 0 Å². The van der Waals surface area contributed by atoms with Crippen molar-refractivity contribution in [1.82, 2.24) is 14.5 Å². The number of rotatable bonds is 2. The van der Waals surface area contributed by atoms with Gasteiger partial charge in [0.1, 0.15) is 17.1 Å². The standard InChI is InChI=1S/C19H19Cl2N3/c1-12-7-8-16(20)14(9-12)15-10-24(13-5-3-2-4-6-13)19-17(15)18(21)22-11-23-19/h7-11,13H,2-6H2,1H3. The van der Waals surface area contributed by atoms with Crippen LogP contribution in [-0.4, -0.2) is 14.5 Å². The fourth-order valence-corrected chi connectivity index (χ4v) is 4.18. The normalized spacial score (nSPS) is 16.0. The van der Waals surface area contributed by atoms with Gasteiger partial charge in [0.2, 0.25) is 0 Å². The minimum absolute atomic E-state index is 0.476. The lowest BCUT2D eigenvalue weighted by molar-refractivity contribution is 0.360. The molecule has 124 valence electrons. The highest BCUT2D eigenvalue weighted by Gasteiger charge is 2.22. The van der Waals surface area contributed by atoms with Gasteiger partial charge in [0, 0.05) is 28.4 Å². The van der Waals surface area contributed by atoms with Gasteiger partial charge in [-0.25, -0.2) is 9.97 Å². The molecule has 0 saturated heterocycles. The topological polar surface area (TPSA) is 30.7 Å². The summed E-state index contributed by atoms with van der Waals surface area (Å²) < 4.78 is 2.29. The van der Waals surface area contributed by atoms with E-state index >= 15 is 0 Å². The molecule has 1 aromatic carbocycles. The van der Waals surface area contributed by atoms with Crippen LogP contribution in [0.25, 0.3) is 22.2 Å². The lowest BCUT2D eigenvalue weighted by atomic mass is 9.95. The number of nitrogens with zero attached hydrogens (tertiary/aromatic N) is 3. The molecule has 2 aromatic heterocycles. The third kappa shape index (κ3) is 2.70. The zero-order valence-corrected chi connectivity index (χ0v) is 15.1. The first-order chi connectivity index (χ1) is 11.6. The van der Waals surface area contributed by atoms with E-state index in [1.807, 2.05) is 12.1 Å². The Hall–Kier alpha value is -1.58. The van der Waals surface area contributed by atoms with E-state index in [0.29, 0.717) is 11.2 Å². The predicted molar refractivity (Wildman–Crippen MR) is 99.8 cm³/mol.